The molecule has 6 rings (SSSR count). The van der Waals surface area contributed by atoms with Crippen molar-refractivity contribution in [3.8, 4) is 11.4 Å². The minimum atomic E-state index is -0.287. The molecular weight excluding hydrogens is 452 g/mol. The van der Waals surface area contributed by atoms with Crippen LogP contribution in [0.3, 0.4) is 0 Å². The molecule has 34 heavy (non-hydrogen) atoms. The summed E-state index contributed by atoms with van der Waals surface area (Å²) in [5, 5.41) is 1.03. The first-order valence-electron chi connectivity index (χ1n) is 11.5. The summed E-state index contributed by atoms with van der Waals surface area (Å²) in [4.78, 5) is 25.4. The Bertz CT molecular complexity index is 1470. The zero-order chi connectivity index (χ0) is 23.4. The third-order valence-corrected chi connectivity index (χ3v) is 7.75. The third kappa shape index (κ3) is 3.38. The van der Waals surface area contributed by atoms with Gasteiger partial charge in [0, 0.05) is 6.42 Å². The van der Waals surface area contributed by atoms with Crippen LogP contribution in [0.1, 0.15) is 25.0 Å². The van der Waals surface area contributed by atoms with Crippen molar-refractivity contribution >= 4 is 37.6 Å². The lowest BCUT2D eigenvalue weighted by Gasteiger charge is -2.33. The lowest BCUT2D eigenvalue weighted by Crippen LogP contribution is -2.42. The first kappa shape index (κ1) is 21.5. The number of aromatic amines is 1. The molecule has 1 fully saturated rings. The maximum atomic E-state index is 13.7. The molecule has 2 aliphatic heterocycles. The van der Waals surface area contributed by atoms with Crippen molar-refractivity contribution < 1.29 is 19.2 Å². The molecule has 0 amide bonds. The van der Waals surface area contributed by atoms with Gasteiger partial charge < -0.3 is 14.2 Å². The topological polar surface area (TPSA) is 80.0 Å². The molecule has 0 unspecified atom stereocenters. The summed E-state index contributed by atoms with van der Waals surface area (Å²) in [5.41, 5.74) is 3.41. The molecule has 9 heteroatoms. The summed E-state index contributed by atoms with van der Waals surface area (Å²) in [7, 11) is 1.60. The Kier molecular flexibility index (Phi) is 5.09. The lowest BCUT2D eigenvalue weighted by molar-refractivity contribution is -0.329. The zero-order valence-corrected chi connectivity index (χ0v) is 20.3. The molecule has 1 aromatic carbocycles. The highest BCUT2D eigenvalue weighted by molar-refractivity contribution is 7.25. The fraction of sp³-hybridized carbons (Fsp3) is 0.400. The number of nitrogens with one attached hydrogen (secondary N) is 1. The van der Waals surface area contributed by atoms with Crippen molar-refractivity contribution in [2.75, 3.05) is 38.3 Å². The first-order chi connectivity index (χ1) is 16.5. The van der Waals surface area contributed by atoms with Crippen LogP contribution in [0.15, 0.2) is 35.4 Å². The normalized spacial score (nSPS) is 17.8. The van der Waals surface area contributed by atoms with Gasteiger partial charge in [-0.05, 0) is 31.5 Å². The Labute approximate surface area is 200 Å². The number of hydrogen-bond acceptors (Lipinski definition) is 7. The standard InChI is InChI=1S/C25H26N4O4S/c1-25(2)12-15-16(13-33-25)22(28-8-10-32-11-9-28)27-23-19(15)20-21(34-23)24(30)29(14-26-20)17-6-4-5-7-18(17)31-3/h4-7,14H,8-13H2,1-3H3/p+1. The van der Waals surface area contributed by atoms with E-state index in [0.29, 0.717) is 36.0 Å². The maximum absolute atomic E-state index is 13.7. The maximum Gasteiger partial charge on any atom is 0.281 e. The summed E-state index contributed by atoms with van der Waals surface area (Å²) < 4.78 is 19.5. The average molecular weight is 480 g/mol. The summed E-state index contributed by atoms with van der Waals surface area (Å²) in [5.74, 6) is 1.70. The summed E-state index contributed by atoms with van der Waals surface area (Å²) in [6, 6.07) is 7.49. The number of fused-ring (bicyclic) bond motifs is 5. The molecule has 0 atom stereocenters. The van der Waals surface area contributed by atoms with Crippen LogP contribution >= 0.6 is 11.3 Å². The molecule has 5 heterocycles. The van der Waals surface area contributed by atoms with Gasteiger partial charge in [0.15, 0.2) is 4.83 Å². The largest absolute Gasteiger partial charge is 0.495 e. The Hall–Kier alpha value is -3.01. The molecule has 2 aliphatic rings. The van der Waals surface area contributed by atoms with Crippen molar-refractivity contribution in [3.63, 3.8) is 0 Å². The average Bonchev–Trinajstić information content (AvgIpc) is 3.23. The number of hydrogen-bond donors (Lipinski definition) is 0. The molecule has 0 saturated carbocycles. The number of rotatable bonds is 3. The van der Waals surface area contributed by atoms with E-state index in [1.54, 1.807) is 18.0 Å². The molecule has 3 aromatic heterocycles. The molecule has 176 valence electrons. The molecular formula is C25H27N4O4S+. The Balaban J connectivity index is 1.62. The van der Waals surface area contributed by atoms with E-state index in [0.717, 1.165) is 46.6 Å². The van der Waals surface area contributed by atoms with Crippen LogP contribution in [-0.4, -0.2) is 48.6 Å². The van der Waals surface area contributed by atoms with Crippen molar-refractivity contribution in [3.05, 3.63) is 52.1 Å². The van der Waals surface area contributed by atoms with Gasteiger partial charge in [-0.25, -0.2) is 9.97 Å². The Morgan fingerprint density at radius 2 is 1.97 bits per heavy atom. The van der Waals surface area contributed by atoms with E-state index in [1.807, 2.05) is 24.3 Å². The number of para-hydroxylation sites is 2. The molecule has 8 nitrogen and oxygen atoms in total. The number of thiophene rings is 1. The molecule has 1 saturated heterocycles. The van der Waals surface area contributed by atoms with Crippen LogP contribution in [0.5, 0.6) is 5.75 Å². The Morgan fingerprint density at radius 3 is 2.76 bits per heavy atom. The van der Waals surface area contributed by atoms with E-state index >= 15 is 0 Å². The Morgan fingerprint density at radius 1 is 1.18 bits per heavy atom. The van der Waals surface area contributed by atoms with E-state index in [9.17, 15) is 4.79 Å². The first-order valence-corrected chi connectivity index (χ1v) is 12.3. The number of pyridine rings is 1. The number of benzene rings is 1. The zero-order valence-electron chi connectivity index (χ0n) is 19.5. The van der Waals surface area contributed by atoms with Gasteiger partial charge in [-0.2, -0.15) is 0 Å². The molecule has 1 N–H and O–H groups in total. The number of methoxy groups -OCH3 is 1. The predicted molar refractivity (Wildman–Crippen MR) is 131 cm³/mol. The smallest absolute Gasteiger partial charge is 0.281 e. The molecule has 0 radical (unpaired) electrons. The van der Waals surface area contributed by atoms with E-state index in [2.05, 4.69) is 23.7 Å². The van der Waals surface area contributed by atoms with E-state index < -0.39 is 0 Å². The van der Waals surface area contributed by atoms with E-state index in [1.165, 1.54) is 16.9 Å². The van der Waals surface area contributed by atoms with E-state index in [4.69, 9.17) is 19.2 Å². The van der Waals surface area contributed by atoms with Gasteiger partial charge in [-0.1, -0.05) is 23.5 Å². The number of morpholine rings is 1. The van der Waals surface area contributed by atoms with Crippen LogP contribution in [0.2, 0.25) is 0 Å². The molecule has 0 bridgehead atoms. The summed E-state index contributed by atoms with van der Waals surface area (Å²) in [6.45, 7) is 7.79. The van der Waals surface area contributed by atoms with Gasteiger partial charge in [0.2, 0.25) is 0 Å². The molecule has 0 aliphatic carbocycles. The van der Waals surface area contributed by atoms with Gasteiger partial charge >= 0.3 is 0 Å². The number of anilines is 1. The van der Waals surface area contributed by atoms with Gasteiger partial charge in [-0.15, -0.1) is 0 Å². The van der Waals surface area contributed by atoms with Crippen LogP contribution in [-0.2, 0) is 22.5 Å². The lowest BCUT2D eigenvalue weighted by atomic mass is 9.90. The third-order valence-electron chi connectivity index (χ3n) is 6.66. The highest BCUT2D eigenvalue weighted by Crippen LogP contribution is 2.40. The van der Waals surface area contributed by atoms with Gasteiger partial charge in [0.25, 0.3) is 11.4 Å². The number of nitrogens with zero attached hydrogens (tertiary/aromatic N) is 3. The minimum absolute atomic E-state index is 0.0999. The number of ether oxygens (including phenoxy) is 3. The van der Waals surface area contributed by atoms with Crippen LogP contribution < -0.4 is 20.2 Å². The highest BCUT2D eigenvalue weighted by Gasteiger charge is 2.36. The van der Waals surface area contributed by atoms with Crippen LogP contribution in [0.25, 0.3) is 26.1 Å². The van der Waals surface area contributed by atoms with E-state index in [-0.39, 0.29) is 11.2 Å². The highest BCUT2D eigenvalue weighted by atomic mass is 32.1. The second-order valence-electron chi connectivity index (χ2n) is 9.33. The second-order valence-corrected chi connectivity index (χ2v) is 10.4. The van der Waals surface area contributed by atoms with Gasteiger partial charge in [-0.3, -0.25) is 14.3 Å². The SMILES string of the molecule is COc1ccccc1-n1cnc2c(sc3[nH+]c(N4CCOCC4)c4c(c32)CC(C)(C)OC4)c1=O. The fourth-order valence-corrected chi connectivity index (χ4v) is 6.08. The fourth-order valence-electron chi connectivity index (χ4n) is 4.96. The summed E-state index contributed by atoms with van der Waals surface area (Å²) >= 11 is 1.47. The monoisotopic (exact) mass is 479 g/mol. The van der Waals surface area contributed by atoms with Gasteiger partial charge in [0.1, 0.15) is 35.4 Å². The van der Waals surface area contributed by atoms with Crippen molar-refractivity contribution in [1.29, 1.82) is 0 Å². The second kappa shape index (κ2) is 8.04. The predicted octanol–water partition coefficient (Wildman–Crippen LogP) is 3.11. The number of H-pyrrole nitrogens is 1. The molecule has 4 aromatic rings. The quantitative estimate of drug-likeness (QED) is 0.449. The van der Waals surface area contributed by atoms with Gasteiger partial charge in [0.05, 0.1) is 49.2 Å². The molecule has 0 spiro atoms. The minimum Gasteiger partial charge on any atom is -0.495 e. The van der Waals surface area contributed by atoms with Crippen LogP contribution in [0.4, 0.5) is 5.82 Å². The number of aromatic nitrogens is 3. The van der Waals surface area contributed by atoms with Crippen molar-refractivity contribution in [1.82, 2.24) is 9.55 Å². The van der Waals surface area contributed by atoms with Crippen molar-refractivity contribution in [2.45, 2.75) is 32.5 Å². The van der Waals surface area contributed by atoms with Crippen molar-refractivity contribution in [2.24, 2.45) is 0 Å². The van der Waals surface area contributed by atoms with Crippen LogP contribution in [0, 0.1) is 0 Å². The summed E-state index contributed by atoms with van der Waals surface area (Å²) in [6.07, 6.45) is 2.37.